The fourth-order valence-electron chi connectivity index (χ4n) is 1.09. The molecule has 2 N–H and O–H groups in total. The fraction of sp³-hybridized carbons (Fsp3) is 0.900. The van der Waals surface area contributed by atoms with Crippen LogP contribution in [0.2, 0.25) is 12.1 Å². The molecule has 0 fully saturated rings. The van der Waals surface area contributed by atoms with Gasteiger partial charge in [-0.1, -0.05) is 27.7 Å². The van der Waals surface area contributed by atoms with Crippen molar-refractivity contribution in [2.45, 2.75) is 46.2 Å². The van der Waals surface area contributed by atoms with Gasteiger partial charge in [0.15, 0.2) is 0 Å². The minimum atomic E-state index is -3.24. The van der Waals surface area contributed by atoms with Crippen molar-refractivity contribution in [2.24, 2.45) is 11.8 Å². The molecule has 0 rings (SSSR count). The molecule has 0 spiro atoms. The van der Waals surface area contributed by atoms with Crippen LogP contribution < -0.4 is 0 Å². The van der Waals surface area contributed by atoms with Gasteiger partial charge < -0.3 is 9.59 Å². The van der Waals surface area contributed by atoms with E-state index in [-0.39, 0.29) is 17.7 Å². The summed E-state index contributed by atoms with van der Waals surface area (Å²) in [7, 11) is -3.24. The first kappa shape index (κ1) is 13.8. The number of hydrogen-bond acceptors (Lipinski definition) is 3. The maximum Gasteiger partial charge on any atom is 0.340 e. The molecule has 0 heterocycles. The molecule has 0 aliphatic carbocycles. The highest BCUT2D eigenvalue weighted by molar-refractivity contribution is 6.68. The lowest BCUT2D eigenvalue weighted by Crippen LogP contribution is -2.38. The molecule has 0 saturated carbocycles. The van der Waals surface area contributed by atoms with E-state index in [9.17, 15) is 14.4 Å². The summed E-state index contributed by atoms with van der Waals surface area (Å²) in [6, 6.07) is 0.389. The van der Waals surface area contributed by atoms with E-state index in [2.05, 4.69) is 0 Å². The number of carbonyl (C=O) groups is 1. The van der Waals surface area contributed by atoms with E-state index < -0.39 is 8.56 Å². The smallest absolute Gasteiger partial charge is 0.340 e. The van der Waals surface area contributed by atoms with Gasteiger partial charge in [0.05, 0.1) is 6.04 Å². The van der Waals surface area contributed by atoms with Gasteiger partial charge in [0.2, 0.25) is 0 Å². The van der Waals surface area contributed by atoms with Crippen LogP contribution in [0.15, 0.2) is 0 Å². The Kier molecular flexibility index (Phi) is 5.55. The summed E-state index contributed by atoms with van der Waals surface area (Å²) in [5, 5.41) is 0. The Morgan fingerprint density at radius 1 is 1.21 bits per heavy atom. The highest BCUT2D eigenvalue weighted by atomic mass is 28.4. The molecule has 0 aromatic rings. The lowest BCUT2D eigenvalue weighted by molar-refractivity contribution is -0.120. The van der Waals surface area contributed by atoms with Crippen molar-refractivity contribution in [1.82, 2.24) is 0 Å². The van der Waals surface area contributed by atoms with Crippen LogP contribution in [-0.2, 0) is 4.79 Å². The van der Waals surface area contributed by atoms with Crippen molar-refractivity contribution in [3.05, 3.63) is 0 Å². The van der Waals surface area contributed by atoms with E-state index in [0.717, 1.165) is 6.42 Å². The fourth-order valence-corrected chi connectivity index (χ4v) is 3.27. The zero-order valence-corrected chi connectivity index (χ0v) is 10.6. The van der Waals surface area contributed by atoms with E-state index in [1.54, 1.807) is 13.8 Å². The lowest BCUT2D eigenvalue weighted by atomic mass is 10.1. The zero-order chi connectivity index (χ0) is 11.4. The molecular formula is C10H22O3Si. The van der Waals surface area contributed by atoms with Crippen LogP contribution in [0.25, 0.3) is 0 Å². The molecule has 0 radical (unpaired) electrons. The van der Waals surface area contributed by atoms with Crippen molar-refractivity contribution in [1.29, 1.82) is 0 Å². The summed E-state index contributed by atoms with van der Waals surface area (Å²) in [5.41, 5.74) is 0. The Hall–Kier alpha value is -0.193. The van der Waals surface area contributed by atoms with Crippen LogP contribution in [0, 0.1) is 11.8 Å². The topological polar surface area (TPSA) is 57.5 Å². The molecule has 0 atom stereocenters. The van der Waals surface area contributed by atoms with Gasteiger partial charge in [-0.05, 0) is 18.4 Å². The van der Waals surface area contributed by atoms with E-state index in [0.29, 0.717) is 12.0 Å². The highest BCUT2D eigenvalue weighted by Gasteiger charge is 2.32. The number of rotatable bonds is 6. The molecule has 0 saturated heterocycles. The van der Waals surface area contributed by atoms with Crippen LogP contribution in [0.3, 0.4) is 0 Å². The van der Waals surface area contributed by atoms with Crippen LogP contribution in [0.1, 0.15) is 34.1 Å². The first-order chi connectivity index (χ1) is 6.24. The van der Waals surface area contributed by atoms with E-state index in [4.69, 9.17) is 0 Å². The number of carbonyl (C=O) groups excluding carboxylic acids is 1. The minimum absolute atomic E-state index is 0.0165. The number of Topliss-reactive ketones (excluding diaryl/α,β-unsaturated/α-hetero) is 1. The Bertz CT molecular complexity index is 188. The van der Waals surface area contributed by atoms with Crippen LogP contribution in [0.5, 0.6) is 0 Å². The Morgan fingerprint density at radius 2 is 1.71 bits per heavy atom. The monoisotopic (exact) mass is 218 g/mol. The van der Waals surface area contributed by atoms with Crippen LogP contribution in [0.4, 0.5) is 0 Å². The molecule has 3 nitrogen and oxygen atoms in total. The second kappa shape index (κ2) is 5.63. The lowest BCUT2D eigenvalue weighted by Gasteiger charge is -2.19. The Morgan fingerprint density at radius 3 is 2.07 bits per heavy atom. The van der Waals surface area contributed by atoms with Gasteiger partial charge in [0.1, 0.15) is 5.78 Å². The molecule has 0 amide bonds. The molecular weight excluding hydrogens is 196 g/mol. The summed E-state index contributed by atoms with van der Waals surface area (Å²) < 4.78 is 0. The summed E-state index contributed by atoms with van der Waals surface area (Å²) in [4.78, 5) is 30.6. The van der Waals surface area contributed by atoms with E-state index >= 15 is 0 Å². The van der Waals surface area contributed by atoms with Gasteiger partial charge in [0.25, 0.3) is 0 Å². The van der Waals surface area contributed by atoms with Gasteiger partial charge in [-0.25, -0.2) is 0 Å². The van der Waals surface area contributed by atoms with E-state index in [1.807, 2.05) is 13.8 Å². The molecule has 4 heteroatoms. The normalized spacial score (nSPS) is 12.6. The molecule has 0 bridgehead atoms. The predicted octanol–water partition coefficient (Wildman–Crippen LogP) is 1.68. The van der Waals surface area contributed by atoms with Crippen molar-refractivity contribution in [3.8, 4) is 0 Å². The Labute approximate surface area is 87.4 Å². The quantitative estimate of drug-likeness (QED) is 0.667. The van der Waals surface area contributed by atoms with Gasteiger partial charge >= 0.3 is 8.56 Å². The number of hydrogen-bond donors (Lipinski definition) is 2. The maximum absolute atomic E-state index is 11.3. The van der Waals surface area contributed by atoms with Crippen molar-refractivity contribution >= 4 is 14.3 Å². The largest absolute Gasteiger partial charge is 0.410 e. The summed E-state index contributed by atoms with van der Waals surface area (Å²) >= 11 is 0. The van der Waals surface area contributed by atoms with Crippen molar-refractivity contribution in [3.63, 3.8) is 0 Å². The molecule has 0 aromatic heterocycles. The number of ketones is 1. The third-order valence-corrected chi connectivity index (χ3v) is 4.23. The van der Waals surface area contributed by atoms with Crippen LogP contribution >= 0.6 is 0 Å². The standard InChI is InChI=1S/C10H22O3Si/c1-8(2)5-6-14(12,13)7-10(11)9(3)4/h8-9,12-13H,5-7H2,1-4H3. The Balaban J connectivity index is 4.00. The molecule has 0 aliphatic heterocycles. The average Bonchev–Trinajstić information content (AvgIpc) is 2.00. The molecule has 0 aliphatic rings. The molecule has 84 valence electrons. The van der Waals surface area contributed by atoms with Gasteiger partial charge in [-0.2, -0.15) is 0 Å². The third kappa shape index (κ3) is 6.29. The van der Waals surface area contributed by atoms with Gasteiger partial charge in [-0.3, -0.25) is 4.79 Å². The maximum atomic E-state index is 11.3. The van der Waals surface area contributed by atoms with Crippen molar-refractivity contribution < 1.29 is 14.4 Å². The molecule has 0 aromatic carbocycles. The van der Waals surface area contributed by atoms with Crippen molar-refractivity contribution in [2.75, 3.05) is 0 Å². The van der Waals surface area contributed by atoms with Crippen LogP contribution in [-0.4, -0.2) is 23.9 Å². The molecule has 14 heavy (non-hydrogen) atoms. The first-order valence-corrected chi connectivity index (χ1v) is 7.53. The first-order valence-electron chi connectivity index (χ1n) is 5.22. The second-order valence-electron chi connectivity index (χ2n) is 4.71. The summed E-state index contributed by atoms with van der Waals surface area (Å²) in [6.07, 6.45) is 0.782. The summed E-state index contributed by atoms with van der Waals surface area (Å²) in [6.45, 7) is 7.65. The zero-order valence-electron chi connectivity index (χ0n) is 9.58. The van der Waals surface area contributed by atoms with E-state index in [1.165, 1.54) is 0 Å². The second-order valence-corrected chi connectivity index (χ2v) is 7.53. The third-order valence-electron chi connectivity index (χ3n) is 2.22. The minimum Gasteiger partial charge on any atom is -0.410 e. The highest BCUT2D eigenvalue weighted by Crippen LogP contribution is 2.17. The van der Waals surface area contributed by atoms with Gasteiger partial charge in [-0.15, -0.1) is 0 Å². The SMILES string of the molecule is CC(C)CC[Si](O)(O)CC(=O)C(C)C. The predicted molar refractivity (Wildman–Crippen MR) is 59.1 cm³/mol. The average molecular weight is 218 g/mol. The van der Waals surface area contributed by atoms with Gasteiger partial charge in [0, 0.05) is 5.92 Å². The summed E-state index contributed by atoms with van der Waals surface area (Å²) in [5.74, 6) is 0.320. The molecule has 0 unspecified atom stereocenters.